The monoisotopic (exact) mass is 369 g/mol. The SMILES string of the molecule is Cc1cc(NC(=O)Nc2ccc(NCc3ccccc3)c(Cl)c2)n(C)n1. The lowest BCUT2D eigenvalue weighted by atomic mass is 10.2. The number of anilines is 3. The molecule has 2 aromatic carbocycles. The molecule has 3 N–H and O–H groups in total. The Balaban J connectivity index is 1.60. The molecule has 6 nitrogen and oxygen atoms in total. The number of hydrogen-bond donors (Lipinski definition) is 3. The third-order valence-corrected chi connectivity index (χ3v) is 4.11. The zero-order valence-electron chi connectivity index (χ0n) is 14.6. The second kappa shape index (κ2) is 7.93. The van der Waals surface area contributed by atoms with E-state index in [1.54, 1.807) is 29.9 Å². The van der Waals surface area contributed by atoms with Gasteiger partial charge in [-0.3, -0.25) is 10.00 Å². The molecule has 0 unspecified atom stereocenters. The Labute approximate surface area is 157 Å². The maximum Gasteiger partial charge on any atom is 0.324 e. The van der Waals surface area contributed by atoms with E-state index in [0.717, 1.165) is 16.9 Å². The first-order chi connectivity index (χ1) is 12.5. The number of carbonyl (C=O) groups is 1. The first kappa shape index (κ1) is 17.8. The second-order valence-corrected chi connectivity index (χ2v) is 6.31. The van der Waals surface area contributed by atoms with Crippen molar-refractivity contribution in [1.29, 1.82) is 0 Å². The molecule has 1 aromatic heterocycles. The molecule has 0 radical (unpaired) electrons. The molecular formula is C19H20ClN5O. The van der Waals surface area contributed by atoms with Gasteiger partial charge in [-0.05, 0) is 30.7 Å². The van der Waals surface area contributed by atoms with Crippen molar-refractivity contribution in [3.8, 4) is 0 Å². The highest BCUT2D eigenvalue weighted by molar-refractivity contribution is 6.33. The lowest BCUT2D eigenvalue weighted by Gasteiger charge is -2.11. The van der Waals surface area contributed by atoms with Gasteiger partial charge in [-0.1, -0.05) is 41.9 Å². The maximum atomic E-state index is 12.1. The molecule has 7 heteroatoms. The zero-order chi connectivity index (χ0) is 18.5. The van der Waals surface area contributed by atoms with Crippen LogP contribution in [-0.2, 0) is 13.6 Å². The minimum absolute atomic E-state index is 0.353. The van der Waals surface area contributed by atoms with Gasteiger partial charge in [0, 0.05) is 25.3 Å². The molecule has 0 spiro atoms. The number of amides is 2. The molecule has 0 aliphatic heterocycles. The minimum Gasteiger partial charge on any atom is -0.380 e. The van der Waals surface area contributed by atoms with E-state index in [-0.39, 0.29) is 6.03 Å². The van der Waals surface area contributed by atoms with Crippen LogP contribution in [0, 0.1) is 6.92 Å². The van der Waals surface area contributed by atoms with Crippen molar-refractivity contribution in [2.24, 2.45) is 7.05 Å². The number of nitrogens with zero attached hydrogens (tertiary/aromatic N) is 2. The summed E-state index contributed by atoms with van der Waals surface area (Å²) in [7, 11) is 1.77. The summed E-state index contributed by atoms with van der Waals surface area (Å²) in [4.78, 5) is 12.1. The first-order valence-electron chi connectivity index (χ1n) is 8.17. The Hall–Kier alpha value is -2.99. The van der Waals surface area contributed by atoms with Crippen LogP contribution in [0.5, 0.6) is 0 Å². The van der Waals surface area contributed by atoms with Gasteiger partial charge in [0.05, 0.1) is 16.4 Å². The second-order valence-electron chi connectivity index (χ2n) is 5.91. The molecule has 3 rings (SSSR count). The van der Waals surface area contributed by atoms with Gasteiger partial charge in [-0.2, -0.15) is 5.10 Å². The highest BCUT2D eigenvalue weighted by Gasteiger charge is 2.08. The Morgan fingerprint density at radius 2 is 1.88 bits per heavy atom. The molecule has 0 aliphatic carbocycles. The lowest BCUT2D eigenvalue weighted by molar-refractivity contribution is 0.262. The van der Waals surface area contributed by atoms with Crippen LogP contribution in [0.25, 0.3) is 0 Å². The fourth-order valence-corrected chi connectivity index (χ4v) is 2.78. The van der Waals surface area contributed by atoms with Gasteiger partial charge in [0.2, 0.25) is 0 Å². The average molecular weight is 370 g/mol. The average Bonchev–Trinajstić information content (AvgIpc) is 2.92. The van der Waals surface area contributed by atoms with E-state index >= 15 is 0 Å². The van der Waals surface area contributed by atoms with Crippen LogP contribution in [-0.4, -0.2) is 15.8 Å². The smallest absolute Gasteiger partial charge is 0.324 e. The van der Waals surface area contributed by atoms with Crippen molar-refractivity contribution in [2.75, 3.05) is 16.0 Å². The van der Waals surface area contributed by atoms with Crippen molar-refractivity contribution in [3.05, 3.63) is 70.9 Å². The van der Waals surface area contributed by atoms with Gasteiger partial charge in [0.25, 0.3) is 0 Å². The molecule has 0 aliphatic rings. The lowest BCUT2D eigenvalue weighted by Crippen LogP contribution is -2.21. The fourth-order valence-electron chi connectivity index (χ4n) is 2.54. The molecular weight excluding hydrogens is 350 g/mol. The number of nitrogens with one attached hydrogen (secondary N) is 3. The van der Waals surface area contributed by atoms with E-state index in [9.17, 15) is 4.79 Å². The Morgan fingerprint density at radius 1 is 1.12 bits per heavy atom. The molecule has 2 amide bonds. The van der Waals surface area contributed by atoms with E-state index in [2.05, 4.69) is 21.0 Å². The number of hydrogen-bond acceptors (Lipinski definition) is 3. The number of carbonyl (C=O) groups excluding carboxylic acids is 1. The van der Waals surface area contributed by atoms with Crippen LogP contribution in [0.2, 0.25) is 5.02 Å². The Kier molecular flexibility index (Phi) is 5.43. The summed E-state index contributed by atoms with van der Waals surface area (Å²) in [6, 6.07) is 16.8. The third-order valence-electron chi connectivity index (χ3n) is 3.80. The normalized spacial score (nSPS) is 10.4. The minimum atomic E-state index is -0.353. The quantitative estimate of drug-likeness (QED) is 0.613. The van der Waals surface area contributed by atoms with Crippen molar-refractivity contribution < 1.29 is 4.79 Å². The van der Waals surface area contributed by atoms with Crippen molar-refractivity contribution in [3.63, 3.8) is 0 Å². The highest BCUT2D eigenvalue weighted by Crippen LogP contribution is 2.26. The van der Waals surface area contributed by atoms with E-state index in [0.29, 0.717) is 23.1 Å². The largest absolute Gasteiger partial charge is 0.380 e. The molecule has 0 saturated carbocycles. The zero-order valence-corrected chi connectivity index (χ0v) is 15.3. The van der Waals surface area contributed by atoms with Gasteiger partial charge in [-0.25, -0.2) is 4.79 Å². The van der Waals surface area contributed by atoms with Gasteiger partial charge >= 0.3 is 6.03 Å². The van der Waals surface area contributed by atoms with E-state index < -0.39 is 0 Å². The number of rotatable bonds is 5. The summed E-state index contributed by atoms with van der Waals surface area (Å²) in [5, 5.41) is 13.5. The van der Waals surface area contributed by atoms with Crippen LogP contribution in [0.4, 0.5) is 22.0 Å². The summed E-state index contributed by atoms with van der Waals surface area (Å²) in [6.07, 6.45) is 0. The number of aromatic nitrogens is 2. The van der Waals surface area contributed by atoms with Crippen molar-refractivity contribution in [2.45, 2.75) is 13.5 Å². The van der Waals surface area contributed by atoms with Crippen LogP contribution in [0.15, 0.2) is 54.6 Å². The van der Waals surface area contributed by atoms with Gasteiger partial charge < -0.3 is 10.6 Å². The number of benzene rings is 2. The number of urea groups is 1. The highest BCUT2D eigenvalue weighted by atomic mass is 35.5. The predicted molar refractivity (Wildman–Crippen MR) is 106 cm³/mol. The topological polar surface area (TPSA) is 71.0 Å². The molecule has 26 heavy (non-hydrogen) atoms. The summed E-state index contributed by atoms with van der Waals surface area (Å²) in [6.45, 7) is 2.54. The molecule has 3 aromatic rings. The molecule has 0 saturated heterocycles. The van der Waals surface area contributed by atoms with Crippen LogP contribution in [0.3, 0.4) is 0 Å². The van der Waals surface area contributed by atoms with Crippen LogP contribution < -0.4 is 16.0 Å². The van der Waals surface area contributed by atoms with Gasteiger partial charge in [-0.15, -0.1) is 0 Å². The number of aryl methyl sites for hydroxylation is 2. The first-order valence-corrected chi connectivity index (χ1v) is 8.55. The standard InChI is InChI=1S/C19H20ClN5O/c1-13-10-18(25(2)24-13)23-19(26)22-15-8-9-17(16(20)11-15)21-12-14-6-4-3-5-7-14/h3-11,21H,12H2,1-2H3,(H2,22,23,26). The molecule has 134 valence electrons. The van der Waals surface area contributed by atoms with Crippen LogP contribution in [0.1, 0.15) is 11.3 Å². The summed E-state index contributed by atoms with van der Waals surface area (Å²) in [5.41, 5.74) is 3.41. The van der Waals surface area contributed by atoms with E-state index in [4.69, 9.17) is 11.6 Å². The summed E-state index contributed by atoms with van der Waals surface area (Å²) < 4.78 is 1.61. The third kappa shape index (κ3) is 4.55. The fraction of sp³-hybridized carbons (Fsp3) is 0.158. The van der Waals surface area contributed by atoms with Crippen LogP contribution >= 0.6 is 11.6 Å². The Bertz CT molecular complexity index is 908. The summed E-state index contributed by atoms with van der Waals surface area (Å²) in [5.74, 6) is 0.618. The molecule has 0 atom stereocenters. The van der Waals surface area contributed by atoms with Gasteiger partial charge in [0.1, 0.15) is 5.82 Å². The van der Waals surface area contributed by atoms with Crippen molar-refractivity contribution >= 4 is 34.8 Å². The summed E-state index contributed by atoms with van der Waals surface area (Å²) >= 11 is 6.32. The number of halogens is 1. The maximum absolute atomic E-state index is 12.1. The molecule has 1 heterocycles. The van der Waals surface area contributed by atoms with Gasteiger partial charge in [0.15, 0.2) is 0 Å². The molecule has 0 bridgehead atoms. The molecule has 0 fully saturated rings. The van der Waals surface area contributed by atoms with E-state index in [1.165, 1.54) is 0 Å². The van der Waals surface area contributed by atoms with E-state index in [1.807, 2.05) is 43.3 Å². The Morgan fingerprint density at radius 3 is 2.54 bits per heavy atom. The predicted octanol–water partition coefficient (Wildman–Crippen LogP) is 4.64. The van der Waals surface area contributed by atoms with Crippen molar-refractivity contribution in [1.82, 2.24) is 9.78 Å².